The van der Waals surface area contributed by atoms with Crippen LogP contribution in [0.3, 0.4) is 0 Å². The van der Waals surface area contributed by atoms with E-state index in [0.29, 0.717) is 16.5 Å². The summed E-state index contributed by atoms with van der Waals surface area (Å²) in [4.78, 5) is 25.7. The molecule has 0 unspecified atom stereocenters. The first kappa shape index (κ1) is 12.3. The molecule has 1 saturated heterocycles. The number of urea groups is 1. The number of hydrogen-bond acceptors (Lipinski definition) is 2. The van der Waals surface area contributed by atoms with E-state index >= 15 is 0 Å². The number of imide groups is 1. The van der Waals surface area contributed by atoms with E-state index < -0.39 is 12.1 Å². The number of carbonyl (C=O) groups excluding carboxylic acids is 2. The van der Waals surface area contributed by atoms with Crippen LogP contribution in [0.5, 0.6) is 0 Å². The lowest BCUT2D eigenvalue weighted by Gasteiger charge is -2.06. The predicted octanol–water partition coefficient (Wildman–Crippen LogP) is 2.23. The number of amides is 3. The molecule has 0 bridgehead atoms. The number of hydrogen-bond donors (Lipinski definition) is 3. The number of fused-ring (bicyclic) bond motifs is 1. The molecular weight excluding hydrogens is 289 g/mol. The Balaban J connectivity index is 2.00. The standard InChI is InChI=1S/C12H9Cl2N3O2/c13-6-1-2-7(14)10-9(6)5(4-15-10)3-8-11(18)17-12(19)16-8/h1-2,4,8,15H,3H2,(H2,16,17,18,19)/t8-/m1/s1. The fourth-order valence-corrected chi connectivity index (χ4v) is 2.71. The minimum absolute atomic E-state index is 0.336. The number of aromatic amines is 1. The molecule has 3 rings (SSSR count). The maximum Gasteiger partial charge on any atom is 0.322 e. The summed E-state index contributed by atoms with van der Waals surface area (Å²) in [6, 6.07) is 2.36. The average molecular weight is 298 g/mol. The smallest absolute Gasteiger partial charge is 0.322 e. The largest absolute Gasteiger partial charge is 0.360 e. The number of aromatic nitrogens is 1. The summed E-state index contributed by atoms with van der Waals surface area (Å²) in [5.41, 5.74) is 1.57. The Kier molecular flexibility index (Phi) is 2.88. The van der Waals surface area contributed by atoms with Gasteiger partial charge in [0.15, 0.2) is 0 Å². The van der Waals surface area contributed by atoms with Crippen molar-refractivity contribution in [3.63, 3.8) is 0 Å². The number of rotatable bonds is 2. The number of carbonyl (C=O) groups is 2. The van der Waals surface area contributed by atoms with Crippen LogP contribution in [0.15, 0.2) is 18.3 Å². The first-order chi connectivity index (χ1) is 9.06. The Hall–Kier alpha value is -1.72. The van der Waals surface area contributed by atoms with Crippen molar-refractivity contribution in [1.82, 2.24) is 15.6 Å². The second-order valence-electron chi connectivity index (χ2n) is 4.31. The van der Waals surface area contributed by atoms with E-state index in [-0.39, 0.29) is 5.91 Å². The zero-order valence-corrected chi connectivity index (χ0v) is 11.1. The summed E-state index contributed by atoms with van der Waals surface area (Å²) in [5, 5.41) is 6.64. The number of nitrogens with one attached hydrogen (secondary N) is 3. The minimum Gasteiger partial charge on any atom is -0.360 e. The molecule has 3 amide bonds. The molecule has 98 valence electrons. The number of H-pyrrole nitrogens is 1. The van der Waals surface area contributed by atoms with Crippen molar-refractivity contribution in [2.45, 2.75) is 12.5 Å². The van der Waals surface area contributed by atoms with E-state index in [1.165, 1.54) is 0 Å². The van der Waals surface area contributed by atoms with Crippen molar-refractivity contribution < 1.29 is 9.59 Å². The zero-order valence-electron chi connectivity index (χ0n) is 9.59. The lowest BCUT2D eigenvalue weighted by atomic mass is 10.1. The quantitative estimate of drug-likeness (QED) is 0.744. The Morgan fingerprint density at radius 2 is 1.89 bits per heavy atom. The molecule has 19 heavy (non-hydrogen) atoms. The monoisotopic (exact) mass is 297 g/mol. The van der Waals surface area contributed by atoms with Gasteiger partial charge in [0.05, 0.1) is 15.6 Å². The van der Waals surface area contributed by atoms with E-state index in [1.54, 1.807) is 18.3 Å². The van der Waals surface area contributed by atoms with Gasteiger partial charge in [0.2, 0.25) is 0 Å². The Morgan fingerprint density at radius 1 is 1.16 bits per heavy atom. The normalized spacial score (nSPS) is 18.7. The van der Waals surface area contributed by atoms with E-state index in [4.69, 9.17) is 23.2 Å². The van der Waals surface area contributed by atoms with Gasteiger partial charge in [-0.2, -0.15) is 0 Å². The highest BCUT2D eigenvalue weighted by atomic mass is 35.5. The van der Waals surface area contributed by atoms with Crippen LogP contribution in [0.2, 0.25) is 10.0 Å². The predicted molar refractivity (Wildman–Crippen MR) is 72.5 cm³/mol. The molecule has 0 saturated carbocycles. The number of benzene rings is 1. The molecular formula is C12H9Cl2N3O2. The molecule has 0 aliphatic carbocycles. The highest BCUT2D eigenvalue weighted by Crippen LogP contribution is 2.32. The van der Waals surface area contributed by atoms with Crippen molar-refractivity contribution in [2.75, 3.05) is 0 Å². The van der Waals surface area contributed by atoms with E-state index in [1.807, 2.05) is 0 Å². The minimum atomic E-state index is -0.582. The topological polar surface area (TPSA) is 74.0 Å². The van der Waals surface area contributed by atoms with Crippen LogP contribution in [0, 0.1) is 0 Å². The average Bonchev–Trinajstić information content (AvgIpc) is 2.90. The summed E-state index contributed by atoms with van der Waals surface area (Å²) in [5.74, 6) is -0.336. The molecule has 3 N–H and O–H groups in total. The van der Waals surface area contributed by atoms with Gasteiger partial charge >= 0.3 is 6.03 Å². The van der Waals surface area contributed by atoms with Gasteiger partial charge in [0.25, 0.3) is 5.91 Å². The maximum absolute atomic E-state index is 11.5. The van der Waals surface area contributed by atoms with E-state index in [2.05, 4.69) is 15.6 Å². The molecule has 1 aliphatic rings. The third-order valence-electron chi connectivity index (χ3n) is 3.10. The lowest BCUT2D eigenvalue weighted by Crippen LogP contribution is -2.30. The third kappa shape index (κ3) is 2.05. The molecule has 1 aromatic carbocycles. The molecule has 1 aliphatic heterocycles. The highest BCUT2D eigenvalue weighted by molar-refractivity contribution is 6.40. The van der Waals surface area contributed by atoms with Crippen LogP contribution in [0.1, 0.15) is 5.56 Å². The summed E-state index contributed by atoms with van der Waals surface area (Å²) in [6.07, 6.45) is 2.11. The molecule has 7 heteroatoms. The molecule has 1 aromatic heterocycles. The Bertz CT molecular complexity index is 696. The summed E-state index contributed by atoms with van der Waals surface area (Å²) >= 11 is 12.2. The molecule has 1 atom stereocenters. The summed E-state index contributed by atoms with van der Waals surface area (Å²) in [7, 11) is 0. The molecule has 0 spiro atoms. The van der Waals surface area contributed by atoms with Crippen LogP contribution in [0.4, 0.5) is 4.79 Å². The van der Waals surface area contributed by atoms with Crippen LogP contribution >= 0.6 is 23.2 Å². The third-order valence-corrected chi connectivity index (χ3v) is 3.73. The van der Waals surface area contributed by atoms with Gasteiger partial charge in [-0.3, -0.25) is 10.1 Å². The Labute approximate surface area is 118 Å². The fraction of sp³-hybridized carbons (Fsp3) is 0.167. The Morgan fingerprint density at radius 3 is 2.58 bits per heavy atom. The lowest BCUT2D eigenvalue weighted by molar-refractivity contribution is -0.120. The van der Waals surface area contributed by atoms with Crippen LogP contribution in [0.25, 0.3) is 10.9 Å². The molecule has 2 aromatic rings. The van der Waals surface area contributed by atoms with Crippen LogP contribution in [-0.2, 0) is 11.2 Å². The van der Waals surface area contributed by atoms with Gasteiger partial charge in [-0.1, -0.05) is 23.2 Å². The molecule has 5 nitrogen and oxygen atoms in total. The van der Waals surface area contributed by atoms with Gasteiger partial charge in [-0.05, 0) is 17.7 Å². The van der Waals surface area contributed by atoms with Crippen LogP contribution < -0.4 is 10.6 Å². The second-order valence-corrected chi connectivity index (χ2v) is 5.13. The van der Waals surface area contributed by atoms with Crippen LogP contribution in [-0.4, -0.2) is 23.0 Å². The fourth-order valence-electron chi connectivity index (χ4n) is 2.22. The molecule has 0 radical (unpaired) electrons. The first-order valence-electron chi connectivity index (χ1n) is 5.61. The van der Waals surface area contributed by atoms with Crippen molar-refractivity contribution in [1.29, 1.82) is 0 Å². The summed E-state index contributed by atoms with van der Waals surface area (Å²) in [6.45, 7) is 0. The van der Waals surface area contributed by atoms with Crippen molar-refractivity contribution >= 4 is 46.0 Å². The molecule has 2 heterocycles. The van der Waals surface area contributed by atoms with E-state index in [0.717, 1.165) is 16.5 Å². The maximum atomic E-state index is 11.5. The van der Waals surface area contributed by atoms with Gasteiger partial charge in [-0.15, -0.1) is 0 Å². The summed E-state index contributed by atoms with van der Waals surface area (Å²) < 4.78 is 0. The molecule has 1 fully saturated rings. The van der Waals surface area contributed by atoms with Gasteiger partial charge in [-0.25, -0.2) is 4.79 Å². The van der Waals surface area contributed by atoms with Gasteiger partial charge < -0.3 is 10.3 Å². The van der Waals surface area contributed by atoms with E-state index in [9.17, 15) is 9.59 Å². The van der Waals surface area contributed by atoms with Gasteiger partial charge in [0, 0.05) is 18.0 Å². The second kappa shape index (κ2) is 4.43. The number of halogens is 2. The van der Waals surface area contributed by atoms with Gasteiger partial charge in [0.1, 0.15) is 6.04 Å². The first-order valence-corrected chi connectivity index (χ1v) is 6.37. The van der Waals surface area contributed by atoms with Crippen molar-refractivity contribution in [3.8, 4) is 0 Å². The zero-order chi connectivity index (χ0) is 13.6. The highest BCUT2D eigenvalue weighted by Gasteiger charge is 2.30. The SMILES string of the molecule is O=C1NC(=O)[C@@H](Cc2c[nH]c3c(Cl)ccc(Cl)c23)N1. The van der Waals surface area contributed by atoms with Crippen molar-refractivity contribution in [3.05, 3.63) is 33.9 Å². The van der Waals surface area contributed by atoms with Crippen molar-refractivity contribution in [2.24, 2.45) is 0 Å².